The lowest BCUT2D eigenvalue weighted by atomic mass is 10.3. The fourth-order valence-corrected chi connectivity index (χ4v) is 1.20. The van der Waals surface area contributed by atoms with Crippen LogP contribution >= 0.6 is 0 Å². The van der Waals surface area contributed by atoms with Crippen molar-refractivity contribution < 1.29 is 18.3 Å². The lowest BCUT2D eigenvalue weighted by Gasteiger charge is -2.11. The number of hydrogen-bond acceptors (Lipinski definition) is 2. The van der Waals surface area contributed by atoms with Crippen molar-refractivity contribution in [3.63, 3.8) is 0 Å². The maximum Gasteiger partial charge on any atom is 0.387 e. The molecule has 1 aromatic rings. The van der Waals surface area contributed by atoms with E-state index in [2.05, 4.69) is 10.8 Å². The molecule has 2 nitrogen and oxygen atoms in total. The summed E-state index contributed by atoms with van der Waals surface area (Å²) >= 11 is 0. The predicted molar refractivity (Wildman–Crippen MR) is 50.1 cm³/mol. The van der Waals surface area contributed by atoms with E-state index in [1.54, 1.807) is 0 Å². The van der Waals surface area contributed by atoms with Crippen molar-refractivity contribution >= 4 is 0 Å². The van der Waals surface area contributed by atoms with Gasteiger partial charge in [0.2, 0.25) is 0 Å². The van der Waals surface area contributed by atoms with Gasteiger partial charge in [-0.3, -0.25) is 0 Å². The molecule has 0 N–H and O–H groups in total. The molecule has 0 saturated heterocycles. The van der Waals surface area contributed by atoms with Crippen LogP contribution < -0.4 is 9.47 Å². The van der Waals surface area contributed by atoms with Crippen molar-refractivity contribution in [3.8, 4) is 11.5 Å². The van der Waals surface area contributed by atoms with Gasteiger partial charge in [-0.15, -0.1) is 0 Å². The third-order valence-electron chi connectivity index (χ3n) is 2.18. The Balaban J connectivity index is 1.99. The Morgan fingerprint density at radius 1 is 1.40 bits per heavy atom. The van der Waals surface area contributed by atoms with Crippen LogP contribution in [-0.4, -0.2) is 13.2 Å². The number of halogens is 2. The van der Waals surface area contributed by atoms with Gasteiger partial charge in [-0.2, -0.15) is 8.78 Å². The molecular weight excluding hydrogens is 202 g/mol. The Morgan fingerprint density at radius 2 is 2.20 bits per heavy atom. The molecule has 4 heteroatoms. The first-order valence-corrected chi connectivity index (χ1v) is 4.83. The summed E-state index contributed by atoms with van der Waals surface area (Å²) in [7, 11) is 0. The maximum absolute atomic E-state index is 12.0. The van der Waals surface area contributed by atoms with Crippen molar-refractivity contribution in [1.29, 1.82) is 0 Å². The van der Waals surface area contributed by atoms with Gasteiger partial charge in [0.25, 0.3) is 0 Å². The second kappa shape index (κ2) is 4.47. The van der Waals surface area contributed by atoms with Crippen LogP contribution in [0.1, 0.15) is 12.8 Å². The van der Waals surface area contributed by atoms with Gasteiger partial charge in [0.05, 0.1) is 6.61 Å². The van der Waals surface area contributed by atoms with Crippen LogP contribution in [0.2, 0.25) is 0 Å². The maximum atomic E-state index is 12.0. The minimum absolute atomic E-state index is 0.0735. The van der Waals surface area contributed by atoms with Crippen molar-refractivity contribution in [2.24, 2.45) is 5.92 Å². The van der Waals surface area contributed by atoms with Crippen LogP contribution in [0.4, 0.5) is 8.78 Å². The second-order valence-corrected chi connectivity index (χ2v) is 3.51. The number of alkyl halides is 2. The second-order valence-electron chi connectivity index (χ2n) is 3.51. The fourth-order valence-electron chi connectivity index (χ4n) is 1.20. The summed E-state index contributed by atoms with van der Waals surface area (Å²) in [6.07, 6.45) is 2.31. The third kappa shape index (κ3) is 3.08. The van der Waals surface area contributed by atoms with Gasteiger partial charge in [-0.1, -0.05) is 6.07 Å². The summed E-state index contributed by atoms with van der Waals surface area (Å²) in [4.78, 5) is 0. The zero-order valence-corrected chi connectivity index (χ0v) is 8.08. The van der Waals surface area contributed by atoms with E-state index in [0.29, 0.717) is 18.3 Å². The Kier molecular flexibility index (Phi) is 3.04. The summed E-state index contributed by atoms with van der Waals surface area (Å²) < 4.78 is 33.7. The minimum atomic E-state index is -2.82. The molecule has 0 aromatic heterocycles. The highest BCUT2D eigenvalue weighted by atomic mass is 19.3. The predicted octanol–water partition coefficient (Wildman–Crippen LogP) is 2.88. The van der Waals surface area contributed by atoms with E-state index >= 15 is 0 Å². The Labute approximate surface area is 86.8 Å². The Bertz CT molecular complexity index is 324. The Hall–Kier alpha value is -1.32. The molecule has 1 fully saturated rings. The molecule has 0 unspecified atom stereocenters. The molecule has 2 rings (SSSR count). The van der Waals surface area contributed by atoms with Crippen molar-refractivity contribution in [3.05, 3.63) is 24.3 Å². The van der Waals surface area contributed by atoms with Gasteiger partial charge in [0.15, 0.2) is 11.5 Å². The number of ether oxygens (including phenoxy) is 2. The SMILES string of the molecule is FC(F)Oc1cc[c]cc1OCC1CC1. The third-order valence-corrected chi connectivity index (χ3v) is 2.18. The first kappa shape index (κ1) is 10.2. The molecule has 1 radical (unpaired) electrons. The number of benzene rings is 1. The minimum Gasteiger partial charge on any atom is -0.489 e. The van der Waals surface area contributed by atoms with E-state index in [1.165, 1.54) is 18.2 Å². The van der Waals surface area contributed by atoms with Crippen LogP contribution in [0.15, 0.2) is 18.2 Å². The molecular formula is C11H11F2O2. The van der Waals surface area contributed by atoms with E-state index in [1.807, 2.05) is 0 Å². The normalized spacial score (nSPS) is 15.4. The number of rotatable bonds is 5. The van der Waals surface area contributed by atoms with Crippen LogP contribution in [-0.2, 0) is 0 Å². The van der Waals surface area contributed by atoms with Crippen molar-refractivity contribution in [2.45, 2.75) is 19.5 Å². The molecule has 1 aliphatic rings. The van der Waals surface area contributed by atoms with Crippen molar-refractivity contribution in [2.75, 3.05) is 6.61 Å². The first-order chi connectivity index (χ1) is 7.25. The van der Waals surface area contributed by atoms with E-state index in [0.717, 1.165) is 12.8 Å². The molecule has 0 atom stereocenters. The molecule has 0 aliphatic heterocycles. The standard InChI is InChI=1S/C11H11F2O2/c12-11(13)15-10-4-2-1-3-9(10)14-7-8-5-6-8/h2-4,8,11H,5-7H2. The summed E-state index contributed by atoms with van der Waals surface area (Å²) in [6, 6.07) is 7.22. The summed E-state index contributed by atoms with van der Waals surface area (Å²) in [5.74, 6) is 0.985. The molecule has 1 saturated carbocycles. The van der Waals surface area contributed by atoms with Gasteiger partial charge >= 0.3 is 6.61 Å². The molecule has 15 heavy (non-hydrogen) atoms. The van der Waals surface area contributed by atoms with E-state index in [9.17, 15) is 8.78 Å². The highest BCUT2D eigenvalue weighted by molar-refractivity contribution is 5.39. The molecule has 1 aromatic carbocycles. The zero-order valence-electron chi connectivity index (χ0n) is 8.08. The lowest BCUT2D eigenvalue weighted by Crippen LogP contribution is -2.05. The lowest BCUT2D eigenvalue weighted by molar-refractivity contribution is -0.0515. The van der Waals surface area contributed by atoms with Gasteiger partial charge < -0.3 is 9.47 Å². The zero-order chi connectivity index (χ0) is 10.7. The van der Waals surface area contributed by atoms with Crippen LogP contribution in [0, 0.1) is 12.0 Å². The van der Waals surface area contributed by atoms with Crippen LogP contribution in [0.5, 0.6) is 11.5 Å². The first-order valence-electron chi connectivity index (χ1n) is 4.83. The van der Waals surface area contributed by atoms with Crippen molar-refractivity contribution in [1.82, 2.24) is 0 Å². The monoisotopic (exact) mass is 213 g/mol. The van der Waals surface area contributed by atoms with Crippen LogP contribution in [0.3, 0.4) is 0 Å². The quantitative estimate of drug-likeness (QED) is 0.748. The van der Waals surface area contributed by atoms with Gasteiger partial charge in [-0.25, -0.2) is 0 Å². The summed E-state index contributed by atoms with van der Waals surface area (Å²) in [6.45, 7) is -2.26. The fraction of sp³-hybridized carbons (Fsp3) is 0.455. The van der Waals surface area contributed by atoms with Gasteiger partial charge in [0.1, 0.15) is 0 Å². The molecule has 81 valence electrons. The smallest absolute Gasteiger partial charge is 0.387 e. The summed E-state index contributed by atoms with van der Waals surface area (Å²) in [5.41, 5.74) is 0. The molecule has 1 aliphatic carbocycles. The highest BCUT2D eigenvalue weighted by Gasteiger charge is 2.22. The van der Waals surface area contributed by atoms with Gasteiger partial charge in [0, 0.05) is 0 Å². The Morgan fingerprint density at radius 3 is 2.87 bits per heavy atom. The molecule has 0 heterocycles. The summed E-state index contributed by atoms with van der Waals surface area (Å²) in [5, 5.41) is 0. The van der Waals surface area contributed by atoms with E-state index in [-0.39, 0.29) is 5.75 Å². The van der Waals surface area contributed by atoms with Gasteiger partial charge in [-0.05, 0) is 37.0 Å². The van der Waals surface area contributed by atoms with Crippen LogP contribution in [0.25, 0.3) is 0 Å². The van der Waals surface area contributed by atoms with E-state index < -0.39 is 6.61 Å². The largest absolute Gasteiger partial charge is 0.489 e. The number of hydrogen-bond donors (Lipinski definition) is 0. The average Bonchev–Trinajstić information content (AvgIpc) is 2.99. The molecule has 0 bridgehead atoms. The topological polar surface area (TPSA) is 18.5 Å². The molecule has 0 amide bonds. The highest BCUT2D eigenvalue weighted by Crippen LogP contribution is 2.32. The molecule has 0 spiro atoms. The van der Waals surface area contributed by atoms with E-state index in [4.69, 9.17) is 4.74 Å². The average molecular weight is 213 g/mol.